The van der Waals surface area contributed by atoms with Gasteiger partial charge in [0.05, 0.1) is 5.92 Å². The molecule has 0 bridgehead atoms. The molecule has 1 aromatic heterocycles. The van der Waals surface area contributed by atoms with Crippen molar-refractivity contribution in [1.29, 1.82) is 0 Å². The predicted octanol–water partition coefficient (Wildman–Crippen LogP) is 2.87. The normalized spacial score (nSPS) is 17.4. The lowest BCUT2D eigenvalue weighted by Crippen LogP contribution is -2.28. The van der Waals surface area contributed by atoms with Crippen molar-refractivity contribution in [2.24, 2.45) is 5.92 Å². The van der Waals surface area contributed by atoms with Crippen LogP contribution in [-0.2, 0) is 9.59 Å². The highest BCUT2D eigenvalue weighted by molar-refractivity contribution is 8.00. The van der Waals surface area contributed by atoms with Gasteiger partial charge in [0.15, 0.2) is 4.34 Å². The van der Waals surface area contributed by atoms with Crippen LogP contribution >= 0.6 is 23.1 Å². The van der Waals surface area contributed by atoms with Crippen LogP contribution < -0.4 is 10.2 Å². The summed E-state index contributed by atoms with van der Waals surface area (Å²) in [6, 6.07) is 5.91. The van der Waals surface area contributed by atoms with Crippen LogP contribution in [0.15, 0.2) is 22.5 Å². The van der Waals surface area contributed by atoms with E-state index >= 15 is 0 Å². The molecule has 0 spiro atoms. The molecule has 1 saturated heterocycles. The van der Waals surface area contributed by atoms with E-state index in [0.717, 1.165) is 15.6 Å². The highest BCUT2D eigenvalue weighted by atomic mass is 32.2. The second-order valence-electron chi connectivity index (χ2n) is 5.74. The van der Waals surface area contributed by atoms with E-state index in [-0.39, 0.29) is 24.2 Å². The Kier molecular flexibility index (Phi) is 4.86. The number of carbonyl (C=O) groups is 2. The van der Waals surface area contributed by atoms with Gasteiger partial charge >= 0.3 is 0 Å². The zero-order valence-electron chi connectivity index (χ0n) is 13.7. The number of anilines is 2. The van der Waals surface area contributed by atoms with Gasteiger partial charge in [-0.25, -0.2) is 0 Å². The first-order valence-corrected chi connectivity index (χ1v) is 9.58. The van der Waals surface area contributed by atoms with E-state index in [0.29, 0.717) is 11.7 Å². The zero-order chi connectivity index (χ0) is 17.3. The van der Waals surface area contributed by atoms with Gasteiger partial charge in [-0.15, -0.1) is 10.2 Å². The molecule has 1 aliphatic rings. The molecule has 6 nitrogen and oxygen atoms in total. The number of benzene rings is 1. The molecule has 1 aliphatic heterocycles. The lowest BCUT2D eigenvalue weighted by Gasteiger charge is -2.17. The number of thioether (sulfide) groups is 1. The van der Waals surface area contributed by atoms with Crippen LogP contribution in [0.2, 0.25) is 0 Å². The highest BCUT2D eigenvalue weighted by Crippen LogP contribution is 2.28. The van der Waals surface area contributed by atoms with Crippen LogP contribution in [0.25, 0.3) is 0 Å². The Balaban J connectivity index is 1.69. The van der Waals surface area contributed by atoms with Gasteiger partial charge in [-0.1, -0.05) is 29.2 Å². The Labute approximate surface area is 148 Å². The topological polar surface area (TPSA) is 75.2 Å². The molecule has 126 valence electrons. The molecule has 0 radical (unpaired) electrons. The van der Waals surface area contributed by atoms with Crippen LogP contribution in [0.3, 0.4) is 0 Å². The number of hydrogen-bond acceptors (Lipinski definition) is 6. The monoisotopic (exact) mass is 362 g/mol. The minimum Gasteiger partial charge on any atom is -0.312 e. The fraction of sp³-hybridized carbons (Fsp3) is 0.375. The van der Waals surface area contributed by atoms with Crippen molar-refractivity contribution in [1.82, 2.24) is 10.2 Å². The van der Waals surface area contributed by atoms with Gasteiger partial charge in [0.2, 0.25) is 16.9 Å². The molecule has 0 unspecified atom stereocenters. The summed E-state index contributed by atoms with van der Waals surface area (Å²) in [5, 5.41) is 11.1. The van der Waals surface area contributed by atoms with Crippen molar-refractivity contribution in [3.8, 4) is 0 Å². The van der Waals surface area contributed by atoms with Gasteiger partial charge in [-0.3, -0.25) is 9.59 Å². The Morgan fingerprint density at radius 2 is 2.12 bits per heavy atom. The van der Waals surface area contributed by atoms with Crippen LogP contribution in [0, 0.1) is 19.8 Å². The lowest BCUT2D eigenvalue weighted by atomic mass is 10.1. The van der Waals surface area contributed by atoms with Gasteiger partial charge in [-0.05, 0) is 43.4 Å². The summed E-state index contributed by atoms with van der Waals surface area (Å²) in [5.74, 6) is -0.584. The fourth-order valence-electron chi connectivity index (χ4n) is 2.58. The maximum atomic E-state index is 12.4. The van der Waals surface area contributed by atoms with Crippen molar-refractivity contribution in [2.45, 2.75) is 24.6 Å². The third-order valence-corrected chi connectivity index (χ3v) is 5.92. The summed E-state index contributed by atoms with van der Waals surface area (Å²) in [6.07, 6.45) is 2.12. The van der Waals surface area contributed by atoms with E-state index in [1.54, 1.807) is 4.90 Å². The maximum Gasteiger partial charge on any atom is 0.231 e. The third kappa shape index (κ3) is 3.44. The molecule has 3 rings (SSSR count). The molecule has 1 N–H and O–H groups in total. The predicted molar refractivity (Wildman–Crippen MR) is 96.7 cm³/mol. The first-order valence-electron chi connectivity index (χ1n) is 7.54. The molecule has 24 heavy (non-hydrogen) atoms. The van der Waals surface area contributed by atoms with Gasteiger partial charge in [0.25, 0.3) is 0 Å². The number of amides is 2. The Morgan fingerprint density at radius 3 is 2.79 bits per heavy atom. The Hall–Kier alpha value is -1.93. The standard InChI is InChI=1S/C16H18N4O2S2/c1-9-4-5-12(6-10(9)2)20-8-11(7-13(20)21)14(22)17-15-18-19-16(23-3)24-15/h4-6,11H,7-8H2,1-3H3,(H,17,18,22)/t11-/m1/s1. The lowest BCUT2D eigenvalue weighted by molar-refractivity contribution is -0.122. The molecule has 1 atom stereocenters. The van der Waals surface area contributed by atoms with E-state index in [1.807, 2.05) is 38.3 Å². The molecule has 8 heteroatoms. The van der Waals surface area contributed by atoms with E-state index < -0.39 is 0 Å². The largest absolute Gasteiger partial charge is 0.312 e. The summed E-state index contributed by atoms with van der Waals surface area (Å²) < 4.78 is 0.796. The molecule has 1 aromatic carbocycles. The second kappa shape index (κ2) is 6.90. The zero-order valence-corrected chi connectivity index (χ0v) is 15.3. The van der Waals surface area contributed by atoms with E-state index in [2.05, 4.69) is 15.5 Å². The molecule has 0 saturated carbocycles. The maximum absolute atomic E-state index is 12.4. The fourth-order valence-corrected chi connectivity index (χ4v) is 3.75. The molecule has 1 fully saturated rings. The first kappa shape index (κ1) is 16.9. The Bertz CT molecular complexity index is 790. The van der Waals surface area contributed by atoms with Crippen molar-refractivity contribution in [3.63, 3.8) is 0 Å². The minimum absolute atomic E-state index is 0.0273. The van der Waals surface area contributed by atoms with E-state index in [1.165, 1.54) is 28.7 Å². The molecule has 2 heterocycles. The van der Waals surface area contributed by atoms with Gasteiger partial charge in [-0.2, -0.15) is 0 Å². The summed E-state index contributed by atoms with van der Waals surface area (Å²) >= 11 is 2.81. The van der Waals surface area contributed by atoms with Gasteiger partial charge in [0, 0.05) is 18.7 Å². The van der Waals surface area contributed by atoms with Crippen molar-refractivity contribution in [3.05, 3.63) is 29.3 Å². The second-order valence-corrected chi connectivity index (χ2v) is 7.77. The van der Waals surface area contributed by atoms with Crippen LogP contribution in [0.5, 0.6) is 0 Å². The van der Waals surface area contributed by atoms with E-state index in [9.17, 15) is 9.59 Å². The molecular weight excluding hydrogens is 344 g/mol. The van der Waals surface area contributed by atoms with Crippen molar-refractivity contribution in [2.75, 3.05) is 23.0 Å². The average molecular weight is 362 g/mol. The van der Waals surface area contributed by atoms with Crippen molar-refractivity contribution < 1.29 is 9.59 Å². The molecule has 2 amide bonds. The number of hydrogen-bond donors (Lipinski definition) is 1. The first-order chi connectivity index (χ1) is 11.5. The summed E-state index contributed by atoms with van der Waals surface area (Å²) in [5.41, 5.74) is 3.16. The van der Waals surface area contributed by atoms with Crippen LogP contribution in [0.4, 0.5) is 10.8 Å². The SMILES string of the molecule is CSc1nnc(NC(=O)[C@@H]2CC(=O)N(c3ccc(C)c(C)c3)C2)s1. The quantitative estimate of drug-likeness (QED) is 0.669. The van der Waals surface area contributed by atoms with E-state index in [4.69, 9.17) is 0 Å². The number of rotatable bonds is 4. The highest BCUT2D eigenvalue weighted by Gasteiger charge is 2.35. The average Bonchev–Trinajstić information content (AvgIpc) is 3.16. The number of aryl methyl sites for hydroxylation is 2. The third-order valence-electron chi connectivity index (χ3n) is 4.11. The number of carbonyl (C=O) groups excluding carboxylic acids is 2. The van der Waals surface area contributed by atoms with Crippen LogP contribution in [-0.4, -0.2) is 34.8 Å². The molecular formula is C16H18N4O2S2. The molecule has 2 aromatic rings. The summed E-state index contributed by atoms with van der Waals surface area (Å²) in [4.78, 5) is 26.4. The number of nitrogens with zero attached hydrogens (tertiary/aromatic N) is 3. The summed E-state index contributed by atoms with van der Waals surface area (Å²) in [6.45, 7) is 4.44. The molecule has 0 aliphatic carbocycles. The van der Waals surface area contributed by atoms with Gasteiger partial charge < -0.3 is 10.2 Å². The van der Waals surface area contributed by atoms with Crippen LogP contribution in [0.1, 0.15) is 17.5 Å². The number of aromatic nitrogens is 2. The van der Waals surface area contributed by atoms with Crippen molar-refractivity contribution >= 4 is 45.7 Å². The Morgan fingerprint density at radius 1 is 1.33 bits per heavy atom. The smallest absolute Gasteiger partial charge is 0.231 e. The number of nitrogens with one attached hydrogen (secondary N) is 1. The summed E-state index contributed by atoms with van der Waals surface area (Å²) in [7, 11) is 0. The van der Waals surface area contributed by atoms with Gasteiger partial charge in [0.1, 0.15) is 0 Å². The minimum atomic E-state index is -0.374.